The van der Waals surface area contributed by atoms with Crippen molar-refractivity contribution >= 4 is 40.8 Å². The Morgan fingerprint density at radius 3 is 2.43 bits per heavy atom. The number of carbonyl (C=O) groups is 2. The number of carbonyl (C=O) groups excluding carboxylic acids is 1. The van der Waals surface area contributed by atoms with Crippen molar-refractivity contribution in [1.29, 1.82) is 0 Å². The van der Waals surface area contributed by atoms with E-state index in [-0.39, 0.29) is 26.9 Å². The van der Waals surface area contributed by atoms with Crippen molar-refractivity contribution in [2.75, 3.05) is 5.32 Å². The van der Waals surface area contributed by atoms with Crippen LogP contribution in [-0.4, -0.2) is 17.0 Å². The van der Waals surface area contributed by atoms with Crippen LogP contribution < -0.4 is 5.32 Å². The lowest BCUT2D eigenvalue weighted by Crippen LogP contribution is -2.14. The molecule has 0 aliphatic rings. The summed E-state index contributed by atoms with van der Waals surface area (Å²) in [5.74, 6) is -2.61. The Kier molecular flexibility index (Phi) is 4.45. The Morgan fingerprint density at radius 1 is 1.10 bits per heavy atom. The Balaban J connectivity index is 2.27. The molecule has 0 aromatic heterocycles. The quantitative estimate of drug-likeness (QED) is 0.892. The first-order valence-electron chi connectivity index (χ1n) is 5.67. The molecule has 0 bridgehead atoms. The molecule has 0 aliphatic carbocycles. The summed E-state index contributed by atoms with van der Waals surface area (Å²) < 4.78 is 13.6. The highest BCUT2D eigenvalue weighted by Crippen LogP contribution is 2.24. The van der Waals surface area contributed by atoms with Gasteiger partial charge in [-0.2, -0.15) is 0 Å². The molecule has 0 saturated carbocycles. The Hall–Kier alpha value is -2.11. The van der Waals surface area contributed by atoms with Crippen molar-refractivity contribution in [2.45, 2.75) is 0 Å². The van der Waals surface area contributed by atoms with Crippen molar-refractivity contribution in [3.8, 4) is 0 Å². The minimum Gasteiger partial charge on any atom is -0.478 e. The first kappa shape index (κ1) is 15.3. The van der Waals surface area contributed by atoms with Crippen LogP contribution in [0.5, 0.6) is 0 Å². The monoisotopic (exact) mass is 327 g/mol. The third-order valence-electron chi connectivity index (χ3n) is 2.64. The zero-order valence-electron chi connectivity index (χ0n) is 10.4. The average molecular weight is 328 g/mol. The molecule has 2 aromatic carbocycles. The van der Waals surface area contributed by atoms with E-state index >= 15 is 0 Å². The largest absolute Gasteiger partial charge is 0.478 e. The normalized spacial score (nSPS) is 10.2. The van der Waals surface area contributed by atoms with E-state index in [1.807, 2.05) is 0 Å². The number of anilines is 1. The smallest absolute Gasteiger partial charge is 0.335 e. The number of halogens is 3. The van der Waals surface area contributed by atoms with Gasteiger partial charge in [-0.25, -0.2) is 9.18 Å². The van der Waals surface area contributed by atoms with Crippen molar-refractivity contribution in [2.24, 2.45) is 0 Å². The fourth-order valence-corrected chi connectivity index (χ4v) is 2.01. The van der Waals surface area contributed by atoms with Gasteiger partial charge in [0.05, 0.1) is 21.8 Å². The number of benzene rings is 2. The predicted octanol–water partition coefficient (Wildman–Crippen LogP) is 4.08. The van der Waals surface area contributed by atoms with E-state index in [9.17, 15) is 14.0 Å². The predicted molar refractivity (Wildman–Crippen MR) is 77.8 cm³/mol. The Morgan fingerprint density at radius 2 is 1.81 bits per heavy atom. The number of aromatic carboxylic acids is 1. The standard InChI is InChI=1S/C14H8Cl2FNO3/c15-8-2-3-11(17)9(6-8)13(19)18-12-4-1-7(14(20)21)5-10(12)16/h1-6H,(H,18,19)(H,20,21). The highest BCUT2D eigenvalue weighted by Gasteiger charge is 2.15. The highest BCUT2D eigenvalue weighted by atomic mass is 35.5. The summed E-state index contributed by atoms with van der Waals surface area (Å²) in [5.41, 5.74) is -0.0844. The fourth-order valence-electron chi connectivity index (χ4n) is 1.61. The second-order valence-electron chi connectivity index (χ2n) is 4.08. The molecule has 1 amide bonds. The van der Waals surface area contributed by atoms with Gasteiger partial charge in [0.25, 0.3) is 5.91 Å². The average Bonchev–Trinajstić information content (AvgIpc) is 2.43. The molecule has 21 heavy (non-hydrogen) atoms. The molecule has 0 unspecified atom stereocenters. The van der Waals surface area contributed by atoms with Crippen molar-refractivity contribution in [3.05, 3.63) is 63.4 Å². The molecular weight excluding hydrogens is 320 g/mol. The second-order valence-corrected chi connectivity index (χ2v) is 4.92. The van der Waals surface area contributed by atoms with Crippen molar-refractivity contribution < 1.29 is 19.1 Å². The molecule has 0 radical (unpaired) electrons. The summed E-state index contributed by atoms with van der Waals surface area (Å²) in [6, 6.07) is 7.37. The molecule has 0 atom stereocenters. The van der Waals surface area contributed by atoms with Gasteiger partial charge in [-0.1, -0.05) is 23.2 Å². The zero-order chi connectivity index (χ0) is 15.6. The third kappa shape index (κ3) is 3.51. The van der Waals surface area contributed by atoms with Crippen LogP contribution in [0.2, 0.25) is 10.0 Å². The van der Waals surface area contributed by atoms with E-state index in [1.54, 1.807) is 0 Å². The number of hydrogen-bond donors (Lipinski definition) is 2. The van der Waals surface area contributed by atoms with Gasteiger partial charge in [0.2, 0.25) is 0 Å². The van der Waals surface area contributed by atoms with Gasteiger partial charge in [0, 0.05) is 5.02 Å². The molecule has 0 fully saturated rings. The fraction of sp³-hybridized carbons (Fsp3) is 0. The summed E-state index contributed by atoms with van der Waals surface area (Å²) in [6.45, 7) is 0. The molecule has 2 rings (SSSR count). The summed E-state index contributed by atoms with van der Waals surface area (Å²) in [5, 5.41) is 11.5. The number of rotatable bonds is 3. The van der Waals surface area contributed by atoms with Crippen LogP contribution in [0.15, 0.2) is 36.4 Å². The summed E-state index contributed by atoms with van der Waals surface area (Å²) >= 11 is 11.6. The SMILES string of the molecule is O=C(O)c1ccc(NC(=O)c2cc(Cl)ccc2F)c(Cl)c1. The molecular formula is C14H8Cl2FNO3. The number of nitrogens with one attached hydrogen (secondary N) is 1. The molecule has 2 aromatic rings. The maximum Gasteiger partial charge on any atom is 0.335 e. The van der Waals surface area contributed by atoms with E-state index < -0.39 is 17.7 Å². The van der Waals surface area contributed by atoms with Crippen molar-refractivity contribution in [1.82, 2.24) is 0 Å². The van der Waals surface area contributed by atoms with Crippen LogP contribution in [0, 0.1) is 5.82 Å². The number of carboxylic acid groups (broad SMARTS) is 1. The maximum absolute atomic E-state index is 13.6. The van der Waals surface area contributed by atoms with Crippen LogP contribution >= 0.6 is 23.2 Å². The maximum atomic E-state index is 13.6. The van der Waals surface area contributed by atoms with Crippen molar-refractivity contribution in [3.63, 3.8) is 0 Å². The molecule has 4 nitrogen and oxygen atoms in total. The molecule has 0 saturated heterocycles. The lowest BCUT2D eigenvalue weighted by molar-refractivity contribution is 0.0696. The van der Waals surface area contributed by atoms with Gasteiger partial charge in [-0.15, -0.1) is 0 Å². The van der Waals surface area contributed by atoms with Gasteiger partial charge in [0.1, 0.15) is 5.82 Å². The summed E-state index contributed by atoms with van der Waals surface area (Å²) in [6.07, 6.45) is 0. The number of amides is 1. The summed E-state index contributed by atoms with van der Waals surface area (Å²) in [7, 11) is 0. The van der Waals surface area contributed by atoms with E-state index in [1.165, 1.54) is 30.3 Å². The van der Waals surface area contributed by atoms with E-state index in [2.05, 4.69) is 5.32 Å². The van der Waals surface area contributed by atoms with Gasteiger partial charge in [-0.3, -0.25) is 4.79 Å². The Labute approximate surface area is 129 Å². The number of carboxylic acids is 1. The zero-order valence-corrected chi connectivity index (χ0v) is 11.9. The summed E-state index contributed by atoms with van der Waals surface area (Å²) in [4.78, 5) is 22.8. The van der Waals surface area contributed by atoms with Gasteiger partial charge in [-0.05, 0) is 36.4 Å². The number of hydrogen-bond acceptors (Lipinski definition) is 2. The van der Waals surface area contributed by atoms with Crippen LogP contribution in [0.25, 0.3) is 0 Å². The van der Waals surface area contributed by atoms with E-state index in [0.717, 1.165) is 6.07 Å². The lowest BCUT2D eigenvalue weighted by atomic mass is 10.1. The van der Waals surface area contributed by atoms with Crippen LogP contribution in [0.3, 0.4) is 0 Å². The van der Waals surface area contributed by atoms with Gasteiger partial charge in [0.15, 0.2) is 0 Å². The second kappa shape index (κ2) is 6.11. The highest BCUT2D eigenvalue weighted by molar-refractivity contribution is 6.34. The molecule has 7 heteroatoms. The van der Waals surface area contributed by atoms with Crippen LogP contribution in [0.1, 0.15) is 20.7 Å². The molecule has 0 aliphatic heterocycles. The topological polar surface area (TPSA) is 66.4 Å². The van der Waals surface area contributed by atoms with E-state index in [4.69, 9.17) is 28.3 Å². The first-order valence-corrected chi connectivity index (χ1v) is 6.43. The van der Waals surface area contributed by atoms with Crippen LogP contribution in [-0.2, 0) is 0 Å². The third-order valence-corrected chi connectivity index (χ3v) is 3.19. The molecule has 0 spiro atoms. The molecule has 0 heterocycles. The minimum absolute atomic E-state index is 0.0214. The molecule has 108 valence electrons. The Bertz CT molecular complexity index is 734. The van der Waals surface area contributed by atoms with E-state index in [0.29, 0.717) is 0 Å². The first-order chi connectivity index (χ1) is 9.88. The van der Waals surface area contributed by atoms with Crippen LogP contribution in [0.4, 0.5) is 10.1 Å². The minimum atomic E-state index is -1.14. The molecule has 2 N–H and O–H groups in total. The van der Waals surface area contributed by atoms with Gasteiger partial charge >= 0.3 is 5.97 Å². The van der Waals surface area contributed by atoms with Gasteiger partial charge < -0.3 is 10.4 Å². The lowest BCUT2D eigenvalue weighted by Gasteiger charge is -2.09.